The van der Waals surface area contributed by atoms with Crippen LogP contribution in [0.4, 0.5) is 0 Å². The van der Waals surface area contributed by atoms with E-state index in [-0.39, 0.29) is 37.5 Å². The number of carboxylic acids is 1. The van der Waals surface area contributed by atoms with E-state index in [0.29, 0.717) is 22.8 Å². The first-order valence-corrected chi connectivity index (χ1v) is 8.69. The van der Waals surface area contributed by atoms with Crippen LogP contribution >= 0.6 is 11.6 Å². The first-order valence-electron chi connectivity index (χ1n) is 8.31. The topological polar surface area (TPSA) is 109 Å². The highest BCUT2D eigenvalue weighted by molar-refractivity contribution is 6.30. The van der Waals surface area contributed by atoms with Crippen molar-refractivity contribution in [3.8, 4) is 5.69 Å². The molecule has 1 amide bonds. The number of hydrogen-bond acceptors (Lipinski definition) is 5. The second-order valence-corrected chi connectivity index (χ2v) is 6.70. The average Bonchev–Trinajstić information content (AvgIpc) is 3.05. The van der Waals surface area contributed by atoms with Crippen molar-refractivity contribution in [3.05, 3.63) is 40.7 Å². The number of halogens is 1. The third-order valence-electron chi connectivity index (χ3n) is 4.63. The van der Waals surface area contributed by atoms with Crippen LogP contribution in [-0.4, -0.2) is 60.7 Å². The average molecular weight is 379 g/mol. The lowest BCUT2D eigenvalue weighted by atomic mass is 9.91. The van der Waals surface area contributed by atoms with Crippen LogP contribution in [0, 0.1) is 0 Å². The summed E-state index contributed by atoms with van der Waals surface area (Å²) in [6.45, 7) is 2.19. The molecule has 0 radical (unpaired) electrons. The Morgan fingerprint density at radius 1 is 1.31 bits per heavy atom. The second kappa shape index (κ2) is 7.05. The van der Waals surface area contributed by atoms with Crippen molar-refractivity contribution in [2.75, 3.05) is 13.1 Å². The number of amides is 1. The van der Waals surface area contributed by atoms with E-state index in [1.165, 1.54) is 4.90 Å². The van der Waals surface area contributed by atoms with Crippen molar-refractivity contribution in [1.29, 1.82) is 0 Å². The minimum atomic E-state index is -1.78. The smallest absolute Gasteiger partial charge is 0.335 e. The molecule has 0 spiro atoms. The predicted octanol–water partition coefficient (Wildman–Crippen LogP) is 1.53. The van der Waals surface area contributed by atoms with Crippen LogP contribution in [0.3, 0.4) is 0 Å². The molecule has 8 nitrogen and oxygen atoms in total. The Balaban J connectivity index is 1.84. The summed E-state index contributed by atoms with van der Waals surface area (Å²) in [5, 5.41) is 27.8. The molecule has 1 aliphatic rings. The van der Waals surface area contributed by atoms with Gasteiger partial charge in [-0.1, -0.05) is 29.8 Å². The van der Waals surface area contributed by atoms with Crippen molar-refractivity contribution in [2.45, 2.75) is 31.8 Å². The van der Waals surface area contributed by atoms with Gasteiger partial charge in [-0.15, -0.1) is 5.10 Å². The normalized spacial score (nSPS) is 16.5. The molecule has 1 aliphatic heterocycles. The number of nitrogens with zero attached hydrogens (tertiary/aromatic N) is 4. The zero-order valence-corrected chi connectivity index (χ0v) is 15.0. The molecule has 0 atom stereocenters. The van der Waals surface area contributed by atoms with Crippen molar-refractivity contribution in [3.63, 3.8) is 0 Å². The van der Waals surface area contributed by atoms with Gasteiger partial charge in [0.2, 0.25) is 0 Å². The molecule has 0 aliphatic carbocycles. The lowest BCUT2D eigenvalue weighted by Gasteiger charge is -2.35. The van der Waals surface area contributed by atoms with Gasteiger partial charge in [0.1, 0.15) is 0 Å². The summed E-state index contributed by atoms with van der Waals surface area (Å²) in [6, 6.07) is 7.09. The van der Waals surface area contributed by atoms with Crippen LogP contribution in [0.1, 0.15) is 35.9 Å². The molecule has 0 bridgehead atoms. The summed E-state index contributed by atoms with van der Waals surface area (Å²) < 4.78 is 1.58. The van der Waals surface area contributed by atoms with E-state index in [0.717, 1.165) is 0 Å². The molecule has 3 rings (SSSR count). The maximum absolute atomic E-state index is 12.8. The van der Waals surface area contributed by atoms with E-state index < -0.39 is 11.6 Å². The van der Waals surface area contributed by atoms with Gasteiger partial charge in [0.05, 0.1) is 11.4 Å². The number of piperidine rings is 1. The lowest BCUT2D eigenvalue weighted by molar-refractivity contribution is -0.162. The molecule has 26 heavy (non-hydrogen) atoms. The number of carbonyl (C=O) groups excluding carboxylic acids is 1. The first kappa shape index (κ1) is 18.3. The van der Waals surface area contributed by atoms with Gasteiger partial charge >= 0.3 is 5.97 Å². The maximum atomic E-state index is 12.8. The van der Waals surface area contributed by atoms with Gasteiger partial charge in [-0.3, -0.25) is 4.79 Å². The SMILES string of the molecule is CCc1c(C(=O)N2CCC(O)(C(=O)O)CC2)nnn1-c1cccc(Cl)c1. The molecule has 1 aromatic carbocycles. The zero-order valence-electron chi connectivity index (χ0n) is 14.2. The molecule has 0 unspecified atom stereocenters. The molecule has 2 aromatic rings. The van der Waals surface area contributed by atoms with Crippen LogP contribution in [0.15, 0.2) is 24.3 Å². The van der Waals surface area contributed by atoms with Crippen molar-refractivity contribution in [1.82, 2.24) is 19.9 Å². The quantitative estimate of drug-likeness (QED) is 0.835. The number of aromatic nitrogens is 3. The number of benzene rings is 1. The monoisotopic (exact) mass is 378 g/mol. The third-order valence-corrected chi connectivity index (χ3v) is 4.86. The van der Waals surface area contributed by atoms with Crippen molar-refractivity contribution in [2.24, 2.45) is 0 Å². The molecule has 1 aromatic heterocycles. The van der Waals surface area contributed by atoms with Crippen LogP contribution in [0.5, 0.6) is 0 Å². The van der Waals surface area contributed by atoms with Gasteiger partial charge in [0, 0.05) is 31.0 Å². The standard InChI is InChI=1S/C17H19ClN4O4/c1-2-13-14(19-20-22(13)12-5-3-4-11(18)10-12)15(23)21-8-6-17(26,7-9-21)16(24)25/h3-5,10,26H,2,6-9H2,1H3,(H,24,25). The van der Waals surface area contributed by atoms with E-state index in [2.05, 4.69) is 10.3 Å². The number of likely N-dealkylation sites (tertiary alicyclic amines) is 1. The first-order chi connectivity index (χ1) is 12.4. The molecule has 2 heterocycles. The Kier molecular flexibility index (Phi) is 4.97. The number of carbonyl (C=O) groups is 2. The molecule has 138 valence electrons. The summed E-state index contributed by atoms with van der Waals surface area (Å²) in [5.74, 6) is -1.58. The van der Waals surface area contributed by atoms with Gasteiger partial charge in [-0.05, 0) is 24.6 Å². The van der Waals surface area contributed by atoms with Crippen LogP contribution in [0.2, 0.25) is 5.02 Å². The number of rotatable bonds is 4. The summed E-state index contributed by atoms with van der Waals surface area (Å²) in [5.41, 5.74) is -0.188. The molecule has 1 saturated heterocycles. The van der Waals surface area contributed by atoms with Gasteiger partial charge in [-0.2, -0.15) is 0 Å². The van der Waals surface area contributed by atoms with E-state index in [4.69, 9.17) is 16.7 Å². The minimum absolute atomic E-state index is 0.0159. The fourth-order valence-electron chi connectivity index (χ4n) is 3.04. The highest BCUT2D eigenvalue weighted by Crippen LogP contribution is 2.25. The van der Waals surface area contributed by atoms with Crippen molar-refractivity contribution < 1.29 is 19.8 Å². The predicted molar refractivity (Wildman–Crippen MR) is 93.5 cm³/mol. The number of aliphatic hydroxyl groups is 1. The van der Waals surface area contributed by atoms with Crippen LogP contribution < -0.4 is 0 Å². The second-order valence-electron chi connectivity index (χ2n) is 6.26. The van der Waals surface area contributed by atoms with E-state index in [9.17, 15) is 14.7 Å². The van der Waals surface area contributed by atoms with Crippen LogP contribution in [0.25, 0.3) is 5.69 Å². The molecular weight excluding hydrogens is 360 g/mol. The Morgan fingerprint density at radius 2 is 2.00 bits per heavy atom. The number of aliphatic carboxylic acids is 1. The third kappa shape index (κ3) is 3.30. The van der Waals surface area contributed by atoms with Gasteiger partial charge < -0.3 is 15.1 Å². The largest absolute Gasteiger partial charge is 0.479 e. The van der Waals surface area contributed by atoms with E-state index in [1.54, 1.807) is 22.9 Å². The van der Waals surface area contributed by atoms with E-state index >= 15 is 0 Å². The summed E-state index contributed by atoms with van der Waals surface area (Å²) >= 11 is 6.03. The van der Waals surface area contributed by atoms with Gasteiger partial charge in [0.25, 0.3) is 5.91 Å². The molecule has 0 saturated carbocycles. The Morgan fingerprint density at radius 3 is 2.58 bits per heavy atom. The molecular formula is C17H19ClN4O4. The molecule has 1 fully saturated rings. The summed E-state index contributed by atoms with van der Waals surface area (Å²) in [7, 11) is 0. The Labute approximate surface area is 155 Å². The highest BCUT2D eigenvalue weighted by Gasteiger charge is 2.41. The number of hydrogen-bond donors (Lipinski definition) is 2. The molecule has 2 N–H and O–H groups in total. The van der Waals surface area contributed by atoms with Crippen molar-refractivity contribution >= 4 is 23.5 Å². The van der Waals surface area contributed by atoms with Gasteiger partial charge in [-0.25, -0.2) is 9.48 Å². The fourth-order valence-corrected chi connectivity index (χ4v) is 3.23. The Bertz CT molecular complexity index is 843. The lowest BCUT2D eigenvalue weighted by Crippen LogP contribution is -2.51. The molecule has 9 heteroatoms. The minimum Gasteiger partial charge on any atom is -0.479 e. The summed E-state index contributed by atoms with van der Waals surface area (Å²) in [6.07, 6.45) is 0.503. The zero-order chi connectivity index (χ0) is 18.9. The summed E-state index contributed by atoms with van der Waals surface area (Å²) in [4.78, 5) is 25.5. The maximum Gasteiger partial charge on any atom is 0.335 e. The number of carboxylic acid groups (broad SMARTS) is 1. The van der Waals surface area contributed by atoms with Gasteiger partial charge in [0.15, 0.2) is 11.3 Å². The Hall–Kier alpha value is -2.45. The van der Waals surface area contributed by atoms with Crippen LogP contribution in [-0.2, 0) is 11.2 Å². The highest BCUT2D eigenvalue weighted by atomic mass is 35.5. The fraction of sp³-hybridized carbons (Fsp3) is 0.412. The van der Waals surface area contributed by atoms with E-state index in [1.807, 2.05) is 13.0 Å².